The second-order valence-electron chi connectivity index (χ2n) is 7.79. The van der Waals surface area contributed by atoms with E-state index in [1.54, 1.807) is 0 Å². The lowest BCUT2D eigenvalue weighted by atomic mass is 9.70. The summed E-state index contributed by atoms with van der Waals surface area (Å²) in [5.41, 5.74) is 4.39. The van der Waals surface area contributed by atoms with Crippen molar-refractivity contribution in [3.8, 4) is 0 Å². The molecule has 1 aromatic carbocycles. The smallest absolute Gasteiger partial charge is 0.267 e. The molecule has 130 valence electrons. The van der Waals surface area contributed by atoms with Gasteiger partial charge in [-0.3, -0.25) is 4.79 Å². The van der Waals surface area contributed by atoms with Gasteiger partial charge < -0.3 is 0 Å². The Labute approximate surface area is 143 Å². The molecule has 2 bridgehead atoms. The number of hydrazone groups is 1. The van der Waals surface area contributed by atoms with E-state index < -0.39 is 9.84 Å². The summed E-state index contributed by atoms with van der Waals surface area (Å²) in [6.45, 7) is 6.82. The van der Waals surface area contributed by atoms with Crippen LogP contribution < -0.4 is 5.43 Å². The van der Waals surface area contributed by atoms with E-state index in [2.05, 4.69) is 31.3 Å². The Kier molecular flexibility index (Phi) is 3.86. The van der Waals surface area contributed by atoms with Crippen LogP contribution in [0.5, 0.6) is 0 Å². The number of hydrogen-bond acceptors (Lipinski definition) is 4. The molecule has 2 saturated carbocycles. The molecule has 1 N–H and O–H groups in total. The number of carbonyl (C=O) groups excluding carboxylic acids is 1. The second kappa shape index (κ2) is 5.41. The monoisotopic (exact) mass is 348 g/mol. The zero-order valence-electron chi connectivity index (χ0n) is 14.6. The standard InChI is InChI=1S/C18H24N2O3S/c1-17(2)13-9-10-18(17,3)15(11-13)19-20-16(21)12-5-7-14(8-6-12)24(4,22)23/h5-8,13H,9-11H2,1-4H3,(H,20,21)/b19-15+/t13-,18+/m1/s1. The van der Waals surface area contributed by atoms with E-state index in [0.29, 0.717) is 11.5 Å². The number of fused-ring (bicyclic) bond motifs is 2. The predicted molar refractivity (Wildman–Crippen MR) is 93.7 cm³/mol. The van der Waals surface area contributed by atoms with Crippen molar-refractivity contribution in [2.24, 2.45) is 21.8 Å². The van der Waals surface area contributed by atoms with Gasteiger partial charge in [0.25, 0.3) is 5.91 Å². The lowest BCUT2D eigenvalue weighted by Crippen LogP contribution is -2.34. The summed E-state index contributed by atoms with van der Waals surface area (Å²) in [5, 5.41) is 4.42. The number of nitrogens with one attached hydrogen (secondary N) is 1. The molecule has 0 saturated heterocycles. The van der Waals surface area contributed by atoms with Gasteiger partial charge in [0, 0.05) is 22.9 Å². The van der Waals surface area contributed by atoms with Crippen LogP contribution >= 0.6 is 0 Å². The van der Waals surface area contributed by atoms with Gasteiger partial charge in [-0.15, -0.1) is 0 Å². The highest BCUT2D eigenvalue weighted by Crippen LogP contribution is 2.63. The van der Waals surface area contributed by atoms with Gasteiger partial charge in [-0.1, -0.05) is 20.8 Å². The van der Waals surface area contributed by atoms with Crippen molar-refractivity contribution in [1.29, 1.82) is 0 Å². The zero-order valence-corrected chi connectivity index (χ0v) is 15.4. The molecule has 0 radical (unpaired) electrons. The SMILES string of the molecule is CC1(C)[C@@H]2CC[C@@]1(C)/C(=N/NC(=O)c1ccc(S(C)(=O)=O)cc1)C2. The molecule has 0 aliphatic heterocycles. The van der Waals surface area contributed by atoms with Gasteiger partial charge in [-0.2, -0.15) is 5.10 Å². The summed E-state index contributed by atoms with van der Waals surface area (Å²) in [7, 11) is -3.26. The Hall–Kier alpha value is -1.69. The molecule has 0 unspecified atom stereocenters. The van der Waals surface area contributed by atoms with Crippen LogP contribution in [-0.4, -0.2) is 26.3 Å². The lowest BCUT2D eigenvalue weighted by molar-refractivity contribution is 0.0953. The minimum atomic E-state index is -3.26. The average Bonchev–Trinajstić information content (AvgIpc) is 2.85. The van der Waals surface area contributed by atoms with Crippen molar-refractivity contribution in [3.63, 3.8) is 0 Å². The Balaban J connectivity index is 1.75. The fourth-order valence-electron chi connectivity index (χ4n) is 4.13. The number of rotatable bonds is 3. The van der Waals surface area contributed by atoms with Crippen molar-refractivity contribution in [2.45, 2.75) is 44.9 Å². The summed E-state index contributed by atoms with van der Waals surface area (Å²) in [4.78, 5) is 12.5. The third-order valence-corrected chi connectivity index (χ3v) is 7.48. The largest absolute Gasteiger partial charge is 0.271 e. The maximum atomic E-state index is 12.3. The third-order valence-electron chi connectivity index (χ3n) is 6.35. The maximum absolute atomic E-state index is 12.3. The van der Waals surface area contributed by atoms with Gasteiger partial charge >= 0.3 is 0 Å². The van der Waals surface area contributed by atoms with Crippen LogP contribution in [0.1, 0.15) is 50.4 Å². The molecule has 0 spiro atoms. The van der Waals surface area contributed by atoms with Crippen LogP contribution in [-0.2, 0) is 9.84 Å². The van der Waals surface area contributed by atoms with Crippen molar-refractivity contribution in [2.75, 3.05) is 6.26 Å². The van der Waals surface area contributed by atoms with Gasteiger partial charge in [0.05, 0.1) is 4.90 Å². The van der Waals surface area contributed by atoms with Crippen molar-refractivity contribution < 1.29 is 13.2 Å². The minimum Gasteiger partial charge on any atom is -0.267 e. The molecule has 5 nitrogen and oxygen atoms in total. The van der Waals surface area contributed by atoms with Crippen LogP contribution in [0.25, 0.3) is 0 Å². The normalized spacial score (nSPS) is 29.8. The Morgan fingerprint density at radius 3 is 2.29 bits per heavy atom. The lowest BCUT2D eigenvalue weighted by Gasteiger charge is -2.34. The first-order chi connectivity index (χ1) is 11.1. The topological polar surface area (TPSA) is 75.6 Å². The molecule has 0 heterocycles. The van der Waals surface area contributed by atoms with E-state index in [-0.39, 0.29) is 21.6 Å². The molecule has 6 heteroatoms. The molecule has 2 aliphatic carbocycles. The molecule has 2 atom stereocenters. The Morgan fingerprint density at radius 1 is 1.21 bits per heavy atom. The first-order valence-corrected chi connectivity index (χ1v) is 10.1. The number of hydrogen-bond donors (Lipinski definition) is 1. The highest BCUT2D eigenvalue weighted by Gasteiger charge is 2.60. The molecule has 1 amide bonds. The average molecular weight is 348 g/mol. The maximum Gasteiger partial charge on any atom is 0.271 e. The Morgan fingerprint density at radius 2 is 1.83 bits per heavy atom. The van der Waals surface area contributed by atoms with Crippen LogP contribution in [0.4, 0.5) is 0 Å². The molecule has 2 aliphatic rings. The van der Waals surface area contributed by atoms with Crippen LogP contribution in [0.15, 0.2) is 34.3 Å². The predicted octanol–water partition coefficient (Wildman–Crippen LogP) is 3.02. The molecule has 3 rings (SSSR count). The van der Waals surface area contributed by atoms with Crippen molar-refractivity contribution >= 4 is 21.5 Å². The number of sulfone groups is 1. The first kappa shape index (κ1) is 17.1. The molecule has 0 aromatic heterocycles. The van der Waals surface area contributed by atoms with Crippen molar-refractivity contribution in [3.05, 3.63) is 29.8 Å². The summed E-state index contributed by atoms with van der Waals surface area (Å²) in [6.07, 6.45) is 4.42. The van der Waals surface area contributed by atoms with E-state index in [1.807, 2.05) is 0 Å². The molecule has 1 aromatic rings. The van der Waals surface area contributed by atoms with Gasteiger partial charge in [0.15, 0.2) is 9.84 Å². The molecular formula is C18H24N2O3S. The zero-order chi connectivity index (χ0) is 17.8. The first-order valence-electron chi connectivity index (χ1n) is 8.23. The van der Waals surface area contributed by atoms with E-state index in [0.717, 1.165) is 24.8 Å². The molecule has 2 fully saturated rings. The molecule has 24 heavy (non-hydrogen) atoms. The van der Waals surface area contributed by atoms with E-state index in [1.165, 1.54) is 30.7 Å². The van der Waals surface area contributed by atoms with Gasteiger partial charge in [-0.25, -0.2) is 13.8 Å². The number of benzene rings is 1. The highest BCUT2D eigenvalue weighted by molar-refractivity contribution is 7.90. The van der Waals surface area contributed by atoms with Crippen LogP contribution in [0.2, 0.25) is 0 Å². The summed E-state index contributed by atoms with van der Waals surface area (Å²) in [5.74, 6) is 0.318. The Bertz CT molecular complexity index is 809. The minimum absolute atomic E-state index is 0.0467. The second-order valence-corrected chi connectivity index (χ2v) is 9.81. The molecular weight excluding hydrogens is 324 g/mol. The number of carbonyl (C=O) groups is 1. The van der Waals surface area contributed by atoms with E-state index in [4.69, 9.17) is 0 Å². The van der Waals surface area contributed by atoms with E-state index in [9.17, 15) is 13.2 Å². The van der Waals surface area contributed by atoms with Crippen LogP contribution in [0, 0.1) is 16.7 Å². The summed E-state index contributed by atoms with van der Waals surface area (Å²) >= 11 is 0. The highest BCUT2D eigenvalue weighted by atomic mass is 32.2. The summed E-state index contributed by atoms with van der Waals surface area (Å²) in [6, 6.07) is 5.91. The third kappa shape index (κ3) is 2.57. The van der Waals surface area contributed by atoms with Crippen LogP contribution in [0.3, 0.4) is 0 Å². The van der Waals surface area contributed by atoms with Gasteiger partial charge in [-0.05, 0) is 54.9 Å². The van der Waals surface area contributed by atoms with Crippen molar-refractivity contribution in [1.82, 2.24) is 5.43 Å². The number of nitrogens with zero attached hydrogens (tertiary/aromatic N) is 1. The van der Waals surface area contributed by atoms with Gasteiger partial charge in [0.2, 0.25) is 0 Å². The fraction of sp³-hybridized carbons (Fsp3) is 0.556. The fourth-order valence-corrected chi connectivity index (χ4v) is 4.76. The quantitative estimate of drug-likeness (QED) is 0.853. The summed E-state index contributed by atoms with van der Waals surface area (Å²) < 4.78 is 22.9. The number of amides is 1. The van der Waals surface area contributed by atoms with Gasteiger partial charge in [0.1, 0.15) is 0 Å². The van der Waals surface area contributed by atoms with E-state index >= 15 is 0 Å².